The van der Waals surface area contributed by atoms with Crippen LogP contribution in [0, 0.1) is 11.3 Å². The summed E-state index contributed by atoms with van der Waals surface area (Å²) in [5.74, 6) is 0.109. The van der Waals surface area contributed by atoms with E-state index in [4.69, 9.17) is 10.00 Å². The number of nitrogens with zero attached hydrogens (tertiary/aromatic N) is 4. The molecule has 12 heteroatoms. The van der Waals surface area contributed by atoms with Crippen molar-refractivity contribution in [2.24, 2.45) is 0 Å². The Balaban J connectivity index is 1.53. The number of ether oxygens (including phenoxy) is 1. The maximum Gasteiger partial charge on any atom is 0.321 e. The van der Waals surface area contributed by atoms with Crippen molar-refractivity contribution >= 4 is 27.6 Å². The van der Waals surface area contributed by atoms with Gasteiger partial charge in [0.1, 0.15) is 11.8 Å². The Morgan fingerprint density at radius 1 is 1.08 bits per heavy atom. The standard InChI is InChI=1S/C27H28N6O5S/c1-2-38-23-10-8-21(9-11-23)31-27(35)32-15-16-33(39(36,37)24-12-6-20(17-28)7-13-24)25(19-32)26(34)30-18-22-5-3-4-14-29-22/h3-14,25H,2,15-16,18-19H2,1H3,(H,30,34)(H,31,35). The average Bonchev–Trinajstić information content (AvgIpc) is 2.97. The van der Waals surface area contributed by atoms with Crippen LogP contribution in [0.2, 0.25) is 0 Å². The van der Waals surface area contributed by atoms with Crippen LogP contribution in [-0.2, 0) is 21.4 Å². The van der Waals surface area contributed by atoms with E-state index in [1.54, 1.807) is 48.7 Å². The number of anilines is 1. The van der Waals surface area contributed by atoms with Crippen LogP contribution in [0.5, 0.6) is 5.75 Å². The van der Waals surface area contributed by atoms with Crippen molar-refractivity contribution in [1.29, 1.82) is 5.26 Å². The van der Waals surface area contributed by atoms with Gasteiger partial charge in [0, 0.05) is 31.5 Å². The molecule has 0 radical (unpaired) electrons. The van der Waals surface area contributed by atoms with Crippen molar-refractivity contribution in [2.45, 2.75) is 24.4 Å². The molecule has 11 nitrogen and oxygen atoms in total. The predicted octanol–water partition coefficient (Wildman–Crippen LogP) is 2.58. The second kappa shape index (κ2) is 12.4. The Hall–Kier alpha value is -4.47. The second-order valence-electron chi connectivity index (χ2n) is 8.64. The van der Waals surface area contributed by atoms with Gasteiger partial charge in [-0.1, -0.05) is 6.07 Å². The van der Waals surface area contributed by atoms with Gasteiger partial charge in [0.25, 0.3) is 0 Å². The first-order chi connectivity index (χ1) is 18.8. The van der Waals surface area contributed by atoms with Crippen molar-refractivity contribution in [3.8, 4) is 11.8 Å². The van der Waals surface area contributed by atoms with Gasteiger partial charge in [-0.3, -0.25) is 9.78 Å². The number of benzene rings is 2. The Morgan fingerprint density at radius 3 is 2.46 bits per heavy atom. The van der Waals surface area contributed by atoms with E-state index in [1.165, 1.54) is 29.2 Å². The molecule has 0 aliphatic carbocycles. The lowest BCUT2D eigenvalue weighted by Crippen LogP contribution is -2.61. The molecule has 0 saturated carbocycles. The summed E-state index contributed by atoms with van der Waals surface area (Å²) in [5, 5.41) is 14.6. The van der Waals surface area contributed by atoms with E-state index in [-0.39, 0.29) is 31.1 Å². The third-order valence-corrected chi connectivity index (χ3v) is 8.02. The number of amides is 3. The monoisotopic (exact) mass is 548 g/mol. The van der Waals surface area contributed by atoms with Gasteiger partial charge in [-0.25, -0.2) is 13.2 Å². The maximum absolute atomic E-state index is 13.5. The SMILES string of the molecule is CCOc1ccc(NC(=O)N2CCN(S(=O)(=O)c3ccc(C#N)cc3)C(C(=O)NCc3ccccn3)C2)cc1. The van der Waals surface area contributed by atoms with Gasteiger partial charge < -0.3 is 20.3 Å². The number of pyridine rings is 1. The van der Waals surface area contributed by atoms with Gasteiger partial charge in [0.05, 0.1) is 35.4 Å². The molecule has 39 heavy (non-hydrogen) atoms. The van der Waals surface area contributed by atoms with Gasteiger partial charge in [0.15, 0.2) is 0 Å². The molecule has 1 aliphatic rings. The fourth-order valence-corrected chi connectivity index (χ4v) is 5.66. The zero-order chi connectivity index (χ0) is 27.8. The number of rotatable bonds is 8. The van der Waals surface area contributed by atoms with Crippen molar-refractivity contribution in [3.05, 3.63) is 84.2 Å². The van der Waals surface area contributed by atoms with Crippen LogP contribution in [0.25, 0.3) is 0 Å². The van der Waals surface area contributed by atoms with Crippen molar-refractivity contribution in [1.82, 2.24) is 19.5 Å². The minimum absolute atomic E-state index is 0.0451. The van der Waals surface area contributed by atoms with Gasteiger partial charge in [-0.05, 0) is 67.6 Å². The summed E-state index contributed by atoms with van der Waals surface area (Å²) in [6.45, 7) is 2.31. The number of carbonyl (C=O) groups is 2. The third kappa shape index (κ3) is 6.70. The van der Waals surface area contributed by atoms with Gasteiger partial charge >= 0.3 is 6.03 Å². The molecule has 1 saturated heterocycles. The zero-order valence-electron chi connectivity index (χ0n) is 21.3. The molecule has 3 amide bonds. The normalized spacial score (nSPS) is 15.7. The highest BCUT2D eigenvalue weighted by atomic mass is 32.2. The van der Waals surface area contributed by atoms with Crippen molar-refractivity contribution in [2.75, 3.05) is 31.6 Å². The number of nitriles is 1. The highest BCUT2D eigenvalue weighted by Gasteiger charge is 2.41. The van der Waals surface area contributed by atoms with Crippen LogP contribution in [0.4, 0.5) is 10.5 Å². The first-order valence-electron chi connectivity index (χ1n) is 12.3. The van der Waals surface area contributed by atoms with E-state index in [0.717, 1.165) is 4.31 Å². The molecule has 2 aromatic carbocycles. The number of nitrogens with one attached hydrogen (secondary N) is 2. The number of urea groups is 1. The summed E-state index contributed by atoms with van der Waals surface area (Å²) in [4.78, 5) is 31.9. The quantitative estimate of drug-likeness (QED) is 0.440. The Labute approximate surface area is 227 Å². The molecule has 1 unspecified atom stereocenters. The first kappa shape index (κ1) is 27.6. The largest absolute Gasteiger partial charge is 0.494 e. The molecular formula is C27H28N6O5S. The lowest BCUT2D eigenvalue weighted by atomic mass is 10.2. The Morgan fingerprint density at radius 2 is 1.82 bits per heavy atom. The minimum Gasteiger partial charge on any atom is -0.494 e. The topological polar surface area (TPSA) is 145 Å². The van der Waals surface area contributed by atoms with E-state index in [2.05, 4.69) is 15.6 Å². The Kier molecular flexibility index (Phi) is 8.75. The maximum atomic E-state index is 13.5. The van der Waals surface area contributed by atoms with E-state index in [1.807, 2.05) is 13.0 Å². The molecule has 0 bridgehead atoms. The summed E-state index contributed by atoms with van der Waals surface area (Å²) in [5.41, 5.74) is 1.45. The van der Waals surface area contributed by atoms with E-state index < -0.39 is 28.0 Å². The first-order valence-corrected chi connectivity index (χ1v) is 13.7. The summed E-state index contributed by atoms with van der Waals surface area (Å²) in [6.07, 6.45) is 1.59. The van der Waals surface area contributed by atoms with Gasteiger partial charge in [0.2, 0.25) is 15.9 Å². The lowest BCUT2D eigenvalue weighted by Gasteiger charge is -2.39. The number of carbonyl (C=O) groups excluding carboxylic acids is 2. The summed E-state index contributed by atoms with van der Waals surface area (Å²) in [6, 6.07) is 17.9. The smallest absolute Gasteiger partial charge is 0.321 e. The minimum atomic E-state index is -4.11. The number of sulfonamides is 1. The third-order valence-electron chi connectivity index (χ3n) is 6.10. The van der Waals surface area contributed by atoms with Crippen LogP contribution < -0.4 is 15.4 Å². The Bertz CT molecular complexity index is 1440. The predicted molar refractivity (Wildman–Crippen MR) is 143 cm³/mol. The lowest BCUT2D eigenvalue weighted by molar-refractivity contribution is -0.126. The van der Waals surface area contributed by atoms with E-state index in [9.17, 15) is 18.0 Å². The average molecular weight is 549 g/mol. The van der Waals surface area contributed by atoms with E-state index >= 15 is 0 Å². The molecule has 4 rings (SSSR count). The molecule has 3 aromatic rings. The molecule has 1 aliphatic heterocycles. The van der Waals surface area contributed by atoms with Crippen molar-refractivity contribution < 1.29 is 22.7 Å². The summed E-state index contributed by atoms with van der Waals surface area (Å²) < 4.78 is 33.6. The molecular weight excluding hydrogens is 520 g/mol. The van der Waals surface area contributed by atoms with Crippen LogP contribution in [0.1, 0.15) is 18.2 Å². The van der Waals surface area contributed by atoms with Gasteiger partial charge in [-0.15, -0.1) is 0 Å². The van der Waals surface area contributed by atoms with Crippen LogP contribution in [0.15, 0.2) is 77.8 Å². The van der Waals surface area contributed by atoms with Gasteiger partial charge in [-0.2, -0.15) is 9.57 Å². The molecule has 1 aromatic heterocycles. The highest BCUT2D eigenvalue weighted by molar-refractivity contribution is 7.89. The van der Waals surface area contributed by atoms with Crippen LogP contribution in [0.3, 0.4) is 0 Å². The molecule has 0 spiro atoms. The molecule has 2 N–H and O–H groups in total. The molecule has 202 valence electrons. The summed E-state index contributed by atoms with van der Waals surface area (Å²) >= 11 is 0. The molecule has 1 atom stereocenters. The fourth-order valence-electron chi connectivity index (χ4n) is 4.09. The van der Waals surface area contributed by atoms with E-state index in [0.29, 0.717) is 29.3 Å². The highest BCUT2D eigenvalue weighted by Crippen LogP contribution is 2.23. The molecule has 2 heterocycles. The number of hydrogen-bond donors (Lipinski definition) is 2. The fraction of sp³-hybridized carbons (Fsp3) is 0.259. The zero-order valence-corrected chi connectivity index (χ0v) is 22.1. The van der Waals surface area contributed by atoms with Crippen LogP contribution >= 0.6 is 0 Å². The number of hydrogen-bond acceptors (Lipinski definition) is 7. The number of piperazine rings is 1. The van der Waals surface area contributed by atoms with Crippen molar-refractivity contribution in [3.63, 3.8) is 0 Å². The second-order valence-corrected chi connectivity index (χ2v) is 10.5. The molecule has 1 fully saturated rings. The summed E-state index contributed by atoms with van der Waals surface area (Å²) in [7, 11) is -4.11. The van der Waals surface area contributed by atoms with Crippen LogP contribution in [-0.4, -0.2) is 66.8 Å². The number of aromatic nitrogens is 1.